The highest BCUT2D eigenvalue weighted by Crippen LogP contribution is 2.39. The molecule has 0 bridgehead atoms. The molecule has 29 heavy (non-hydrogen) atoms. The maximum Gasteiger partial charge on any atom is 0.495 e. The summed E-state index contributed by atoms with van der Waals surface area (Å²) >= 11 is 0. The van der Waals surface area contributed by atoms with Gasteiger partial charge in [0.25, 0.3) is 0 Å². The molecule has 1 aliphatic heterocycles. The molecule has 1 aliphatic carbocycles. The summed E-state index contributed by atoms with van der Waals surface area (Å²) in [6.45, 7) is 8.33. The van der Waals surface area contributed by atoms with Crippen molar-refractivity contribution in [2.45, 2.75) is 58.3 Å². The van der Waals surface area contributed by atoms with Gasteiger partial charge in [-0.3, -0.25) is 0 Å². The van der Waals surface area contributed by atoms with E-state index in [9.17, 15) is 5.11 Å². The van der Waals surface area contributed by atoms with Gasteiger partial charge in [-0.1, -0.05) is 36.4 Å². The molecule has 0 unspecified atom stereocenters. The zero-order chi connectivity index (χ0) is 20.8. The van der Waals surface area contributed by atoms with Gasteiger partial charge in [0.05, 0.1) is 24.9 Å². The minimum absolute atomic E-state index is 0.0275. The van der Waals surface area contributed by atoms with Crippen LogP contribution >= 0.6 is 0 Å². The summed E-state index contributed by atoms with van der Waals surface area (Å²) in [5.74, 6) is 0.714. The molecule has 152 valence electrons. The number of rotatable bonds is 4. The maximum absolute atomic E-state index is 9.44. The predicted molar refractivity (Wildman–Crippen MR) is 117 cm³/mol. The first-order valence-corrected chi connectivity index (χ1v) is 10.2. The van der Waals surface area contributed by atoms with Gasteiger partial charge < -0.3 is 19.2 Å². The Morgan fingerprint density at radius 2 is 1.79 bits per heavy atom. The second-order valence-electron chi connectivity index (χ2n) is 8.86. The second kappa shape index (κ2) is 7.31. The quantitative estimate of drug-likeness (QED) is 0.800. The topological polar surface area (TPSA) is 47.9 Å². The fourth-order valence-electron chi connectivity index (χ4n) is 4.10. The van der Waals surface area contributed by atoms with Crippen molar-refractivity contribution in [2.75, 3.05) is 7.11 Å². The number of aliphatic hydroxyl groups is 1. The molecule has 4 rings (SSSR count). The Bertz CT molecular complexity index is 945. The van der Waals surface area contributed by atoms with E-state index in [1.807, 2.05) is 18.2 Å². The van der Waals surface area contributed by atoms with Crippen LogP contribution in [0.15, 0.2) is 36.4 Å². The van der Waals surface area contributed by atoms with Gasteiger partial charge in [-0.2, -0.15) is 0 Å². The number of hydrogen-bond acceptors (Lipinski definition) is 4. The van der Waals surface area contributed by atoms with Crippen molar-refractivity contribution in [1.82, 2.24) is 0 Å². The van der Waals surface area contributed by atoms with E-state index in [0.717, 1.165) is 29.4 Å². The third-order valence-electron chi connectivity index (χ3n) is 6.53. The second-order valence-corrected chi connectivity index (χ2v) is 8.86. The zero-order valence-corrected chi connectivity index (χ0v) is 17.9. The van der Waals surface area contributed by atoms with Crippen LogP contribution in [0.4, 0.5) is 0 Å². The third kappa shape index (κ3) is 3.52. The fraction of sp³-hybridized carbons (Fsp3) is 0.417. The van der Waals surface area contributed by atoms with Gasteiger partial charge >= 0.3 is 7.12 Å². The Morgan fingerprint density at radius 3 is 2.45 bits per heavy atom. The van der Waals surface area contributed by atoms with Gasteiger partial charge in [0, 0.05) is 5.56 Å². The molecule has 0 radical (unpaired) electrons. The first kappa shape index (κ1) is 20.2. The van der Waals surface area contributed by atoms with E-state index >= 15 is 0 Å². The Kier molecular flexibility index (Phi) is 5.10. The summed E-state index contributed by atoms with van der Waals surface area (Å²) in [4.78, 5) is 0. The lowest BCUT2D eigenvalue weighted by Crippen LogP contribution is -2.41. The summed E-state index contributed by atoms with van der Waals surface area (Å²) < 4.78 is 18.0. The summed E-state index contributed by atoms with van der Waals surface area (Å²) in [5, 5.41) is 9.44. The lowest BCUT2D eigenvalue weighted by molar-refractivity contribution is 0.00578. The molecule has 0 atom stereocenters. The number of aliphatic hydroxyl groups excluding tert-OH is 1. The molecular formula is C24H29BO4. The van der Waals surface area contributed by atoms with Crippen LogP contribution in [-0.2, 0) is 22.3 Å². The van der Waals surface area contributed by atoms with Crippen LogP contribution in [0, 0.1) is 0 Å². The number of hydrogen-bond donors (Lipinski definition) is 1. The van der Waals surface area contributed by atoms with Gasteiger partial charge in [0.1, 0.15) is 5.75 Å². The Morgan fingerprint density at radius 1 is 1.07 bits per heavy atom. The van der Waals surface area contributed by atoms with E-state index in [1.54, 1.807) is 7.11 Å². The van der Waals surface area contributed by atoms with Crippen molar-refractivity contribution in [2.24, 2.45) is 0 Å². The lowest BCUT2D eigenvalue weighted by Gasteiger charge is -2.32. The summed E-state index contributed by atoms with van der Waals surface area (Å²) in [6.07, 6.45) is 4.17. The number of benzene rings is 2. The molecule has 1 fully saturated rings. The van der Waals surface area contributed by atoms with Gasteiger partial charge in [-0.15, -0.1) is 0 Å². The van der Waals surface area contributed by atoms with E-state index in [1.165, 1.54) is 16.7 Å². The van der Waals surface area contributed by atoms with Crippen LogP contribution in [0.5, 0.6) is 5.75 Å². The molecule has 1 heterocycles. The summed E-state index contributed by atoms with van der Waals surface area (Å²) in [6, 6.07) is 12.3. The molecule has 2 aromatic rings. The number of allylic oxidation sites excluding steroid dienone is 1. The Labute approximate surface area is 173 Å². The molecule has 0 amide bonds. The number of methoxy groups -OCH3 is 1. The first-order valence-electron chi connectivity index (χ1n) is 10.2. The SMILES string of the molecule is COc1cc(C=C2CCc3c(B4OC(C)(C)C(C)(C)O4)cccc32)ccc1CO. The summed E-state index contributed by atoms with van der Waals surface area (Å²) in [5.41, 5.74) is 6.20. The average molecular weight is 392 g/mol. The van der Waals surface area contributed by atoms with Gasteiger partial charge in [0.15, 0.2) is 0 Å². The zero-order valence-electron chi connectivity index (χ0n) is 17.9. The van der Waals surface area contributed by atoms with E-state index < -0.39 is 0 Å². The fourth-order valence-corrected chi connectivity index (χ4v) is 4.10. The van der Waals surface area contributed by atoms with Gasteiger partial charge in [0.2, 0.25) is 0 Å². The van der Waals surface area contributed by atoms with Crippen LogP contribution in [0.25, 0.3) is 11.6 Å². The first-order chi connectivity index (χ1) is 13.8. The Balaban J connectivity index is 1.68. The van der Waals surface area contributed by atoms with Crippen molar-refractivity contribution in [3.8, 4) is 5.75 Å². The average Bonchev–Trinajstić information content (AvgIpc) is 3.19. The minimum atomic E-state index is -0.345. The molecule has 4 nitrogen and oxygen atoms in total. The predicted octanol–water partition coefficient (Wildman–Crippen LogP) is 3.97. The lowest BCUT2D eigenvalue weighted by atomic mass is 9.75. The number of ether oxygens (including phenoxy) is 1. The van der Waals surface area contributed by atoms with Gasteiger partial charge in [-0.05, 0) is 74.3 Å². The molecule has 2 aliphatic rings. The molecule has 0 saturated carbocycles. The molecule has 1 N–H and O–H groups in total. The van der Waals surface area contributed by atoms with Crippen molar-refractivity contribution in [1.29, 1.82) is 0 Å². The molecule has 1 saturated heterocycles. The minimum Gasteiger partial charge on any atom is -0.496 e. The normalized spacial score (nSPS) is 20.9. The standard InChI is InChI=1S/C24H29BO4/c1-23(2)24(3,4)29-25(28-23)21-8-6-7-19-17(11-12-20(19)21)13-16-9-10-18(15-26)22(14-16)27-5/h6-10,13-14,26H,11-12,15H2,1-5H3. The van der Waals surface area contributed by atoms with E-state index in [-0.39, 0.29) is 24.9 Å². The van der Waals surface area contributed by atoms with Crippen LogP contribution in [0.3, 0.4) is 0 Å². The Hall–Kier alpha value is -2.08. The molecule has 5 heteroatoms. The highest BCUT2D eigenvalue weighted by Gasteiger charge is 2.52. The molecular weight excluding hydrogens is 363 g/mol. The highest BCUT2D eigenvalue weighted by molar-refractivity contribution is 6.62. The third-order valence-corrected chi connectivity index (χ3v) is 6.53. The largest absolute Gasteiger partial charge is 0.496 e. The molecule has 0 aromatic heterocycles. The smallest absolute Gasteiger partial charge is 0.495 e. The molecule has 0 spiro atoms. The van der Waals surface area contributed by atoms with Crippen molar-refractivity contribution in [3.05, 3.63) is 58.7 Å². The van der Waals surface area contributed by atoms with Crippen molar-refractivity contribution in [3.63, 3.8) is 0 Å². The van der Waals surface area contributed by atoms with Crippen LogP contribution in [0.1, 0.15) is 56.4 Å². The van der Waals surface area contributed by atoms with E-state index in [4.69, 9.17) is 14.0 Å². The van der Waals surface area contributed by atoms with Crippen molar-refractivity contribution >= 4 is 24.2 Å². The van der Waals surface area contributed by atoms with Crippen LogP contribution in [0.2, 0.25) is 0 Å². The van der Waals surface area contributed by atoms with Gasteiger partial charge in [-0.25, -0.2) is 0 Å². The monoisotopic (exact) mass is 392 g/mol. The van der Waals surface area contributed by atoms with Crippen LogP contribution < -0.4 is 10.2 Å². The van der Waals surface area contributed by atoms with Crippen molar-refractivity contribution < 1.29 is 19.2 Å². The maximum atomic E-state index is 9.44. The molecule has 2 aromatic carbocycles. The summed E-state index contributed by atoms with van der Waals surface area (Å²) in [7, 11) is 1.30. The van der Waals surface area contributed by atoms with E-state index in [2.05, 4.69) is 52.0 Å². The highest BCUT2D eigenvalue weighted by atomic mass is 16.7. The van der Waals surface area contributed by atoms with E-state index in [0.29, 0.717) is 5.75 Å². The number of fused-ring (bicyclic) bond motifs is 1. The van der Waals surface area contributed by atoms with Crippen LogP contribution in [-0.4, -0.2) is 30.5 Å².